The van der Waals surface area contributed by atoms with E-state index in [0.717, 1.165) is 17.9 Å². The van der Waals surface area contributed by atoms with Crippen LogP contribution >= 0.6 is 11.8 Å². The zero-order valence-corrected chi connectivity index (χ0v) is 13.9. The minimum atomic E-state index is 0.457. The van der Waals surface area contributed by atoms with Crippen LogP contribution < -0.4 is 5.32 Å². The van der Waals surface area contributed by atoms with Crippen LogP contribution in [0.5, 0.6) is 0 Å². The average molecular weight is 272 g/mol. The Morgan fingerprint density at radius 3 is 2.28 bits per heavy atom. The molecule has 1 aliphatic carbocycles. The lowest BCUT2D eigenvalue weighted by atomic mass is 9.77. The normalized spacial score (nSPS) is 25.7. The SMILES string of the molecule is CCC(CC)(CNC1CCCCC1C(C)C)SC. The van der Waals surface area contributed by atoms with E-state index in [1.165, 1.54) is 45.1 Å². The van der Waals surface area contributed by atoms with Gasteiger partial charge in [0.05, 0.1) is 0 Å². The highest BCUT2D eigenvalue weighted by atomic mass is 32.2. The van der Waals surface area contributed by atoms with Gasteiger partial charge in [-0.1, -0.05) is 40.5 Å². The van der Waals surface area contributed by atoms with Crippen LogP contribution in [0.25, 0.3) is 0 Å². The molecule has 0 radical (unpaired) electrons. The Bertz CT molecular complexity index is 215. The first-order chi connectivity index (χ1) is 8.58. The maximum Gasteiger partial charge on any atom is 0.0276 e. The molecule has 0 spiro atoms. The maximum atomic E-state index is 3.93. The molecule has 18 heavy (non-hydrogen) atoms. The molecule has 2 heteroatoms. The zero-order valence-electron chi connectivity index (χ0n) is 13.1. The fraction of sp³-hybridized carbons (Fsp3) is 1.00. The molecule has 0 saturated heterocycles. The van der Waals surface area contributed by atoms with Crippen molar-refractivity contribution in [1.29, 1.82) is 0 Å². The van der Waals surface area contributed by atoms with Gasteiger partial charge in [0, 0.05) is 17.3 Å². The molecule has 1 aliphatic rings. The van der Waals surface area contributed by atoms with Gasteiger partial charge in [-0.2, -0.15) is 11.8 Å². The number of rotatable bonds is 7. The molecule has 1 fully saturated rings. The van der Waals surface area contributed by atoms with E-state index < -0.39 is 0 Å². The Hall–Kier alpha value is 0.310. The Labute approximate surface area is 119 Å². The van der Waals surface area contributed by atoms with Crippen molar-refractivity contribution in [3.05, 3.63) is 0 Å². The molecule has 1 nitrogen and oxygen atoms in total. The molecule has 2 atom stereocenters. The van der Waals surface area contributed by atoms with Gasteiger partial charge in [-0.3, -0.25) is 0 Å². The summed E-state index contributed by atoms with van der Waals surface area (Å²) < 4.78 is 0.457. The standard InChI is InChI=1S/C16H33NS/c1-6-16(7-2,18-5)12-17-15-11-9-8-10-14(15)13(3)4/h13-15,17H,6-12H2,1-5H3. The summed E-state index contributed by atoms with van der Waals surface area (Å²) in [6.07, 6.45) is 10.5. The first-order valence-electron chi connectivity index (χ1n) is 7.87. The summed E-state index contributed by atoms with van der Waals surface area (Å²) >= 11 is 2.05. The monoisotopic (exact) mass is 271 g/mol. The number of nitrogens with one attached hydrogen (secondary N) is 1. The summed E-state index contributed by atoms with van der Waals surface area (Å²) in [5.41, 5.74) is 0. The van der Waals surface area contributed by atoms with E-state index in [2.05, 4.69) is 51.0 Å². The lowest BCUT2D eigenvalue weighted by molar-refractivity contribution is 0.201. The summed E-state index contributed by atoms with van der Waals surface area (Å²) in [4.78, 5) is 0. The summed E-state index contributed by atoms with van der Waals surface area (Å²) in [7, 11) is 0. The third-order valence-corrected chi connectivity index (χ3v) is 6.67. The second-order valence-electron chi connectivity index (χ2n) is 6.27. The Kier molecular flexibility index (Phi) is 7.08. The van der Waals surface area contributed by atoms with Crippen LogP contribution in [-0.2, 0) is 0 Å². The number of hydrogen-bond acceptors (Lipinski definition) is 2. The molecule has 0 aromatic heterocycles. The third-order valence-electron chi connectivity index (χ3n) is 5.08. The van der Waals surface area contributed by atoms with Crippen LogP contribution in [-0.4, -0.2) is 23.6 Å². The van der Waals surface area contributed by atoms with E-state index in [9.17, 15) is 0 Å². The van der Waals surface area contributed by atoms with E-state index >= 15 is 0 Å². The highest BCUT2D eigenvalue weighted by Gasteiger charge is 2.30. The minimum Gasteiger partial charge on any atom is -0.312 e. The molecule has 1 N–H and O–H groups in total. The van der Waals surface area contributed by atoms with Gasteiger partial charge in [0.25, 0.3) is 0 Å². The quantitative estimate of drug-likeness (QED) is 0.719. The lowest BCUT2D eigenvalue weighted by Crippen LogP contribution is -2.47. The molecule has 0 heterocycles. The van der Waals surface area contributed by atoms with Crippen LogP contribution in [0.15, 0.2) is 0 Å². The maximum absolute atomic E-state index is 3.93. The molecule has 2 unspecified atom stereocenters. The fourth-order valence-electron chi connectivity index (χ4n) is 3.39. The van der Waals surface area contributed by atoms with Gasteiger partial charge in [0.2, 0.25) is 0 Å². The Balaban J connectivity index is 2.54. The van der Waals surface area contributed by atoms with Gasteiger partial charge < -0.3 is 5.32 Å². The second-order valence-corrected chi connectivity index (χ2v) is 7.55. The molecular weight excluding hydrogens is 238 g/mol. The van der Waals surface area contributed by atoms with Crippen LogP contribution in [0.2, 0.25) is 0 Å². The van der Waals surface area contributed by atoms with Crippen molar-refractivity contribution < 1.29 is 0 Å². The summed E-state index contributed by atoms with van der Waals surface area (Å²) in [6, 6.07) is 0.767. The van der Waals surface area contributed by atoms with E-state index in [-0.39, 0.29) is 0 Å². The van der Waals surface area contributed by atoms with E-state index in [0.29, 0.717) is 4.75 Å². The van der Waals surface area contributed by atoms with Crippen LogP contribution in [0.3, 0.4) is 0 Å². The lowest BCUT2D eigenvalue weighted by Gasteiger charge is -2.38. The summed E-state index contributed by atoms with van der Waals surface area (Å²) in [5, 5.41) is 3.93. The molecule has 0 aromatic rings. The second kappa shape index (κ2) is 7.79. The van der Waals surface area contributed by atoms with Crippen molar-refractivity contribution in [1.82, 2.24) is 5.32 Å². The van der Waals surface area contributed by atoms with Crippen LogP contribution in [0, 0.1) is 11.8 Å². The minimum absolute atomic E-state index is 0.457. The first kappa shape index (κ1) is 16.4. The summed E-state index contributed by atoms with van der Waals surface area (Å²) in [6.45, 7) is 10.7. The molecule has 1 saturated carbocycles. The van der Waals surface area contributed by atoms with E-state index in [1.54, 1.807) is 0 Å². The van der Waals surface area contributed by atoms with Gasteiger partial charge in [-0.05, 0) is 43.8 Å². The van der Waals surface area contributed by atoms with Crippen molar-refractivity contribution in [2.45, 2.75) is 77.0 Å². The predicted octanol–water partition coefficient (Wildman–Crippen LogP) is 4.71. The largest absolute Gasteiger partial charge is 0.312 e. The topological polar surface area (TPSA) is 12.0 Å². The molecular formula is C16H33NS. The van der Waals surface area contributed by atoms with Crippen LogP contribution in [0.1, 0.15) is 66.2 Å². The van der Waals surface area contributed by atoms with E-state index in [1.807, 2.05) is 0 Å². The molecule has 0 aromatic carbocycles. The molecule has 0 aliphatic heterocycles. The average Bonchev–Trinajstić information content (AvgIpc) is 2.41. The zero-order chi connectivity index (χ0) is 13.6. The Morgan fingerprint density at radius 2 is 1.78 bits per heavy atom. The van der Waals surface area contributed by atoms with Gasteiger partial charge in [-0.25, -0.2) is 0 Å². The first-order valence-corrected chi connectivity index (χ1v) is 9.09. The molecule has 0 bridgehead atoms. The fourth-order valence-corrected chi connectivity index (χ4v) is 4.19. The number of hydrogen-bond donors (Lipinski definition) is 1. The number of thioether (sulfide) groups is 1. The van der Waals surface area contributed by atoms with Crippen molar-refractivity contribution >= 4 is 11.8 Å². The highest BCUT2D eigenvalue weighted by molar-refractivity contribution is 8.00. The smallest absolute Gasteiger partial charge is 0.0276 e. The Morgan fingerprint density at radius 1 is 1.17 bits per heavy atom. The highest BCUT2D eigenvalue weighted by Crippen LogP contribution is 2.33. The predicted molar refractivity (Wildman–Crippen MR) is 85.4 cm³/mol. The summed E-state index contributed by atoms with van der Waals surface area (Å²) in [5.74, 6) is 1.72. The van der Waals surface area contributed by atoms with Crippen molar-refractivity contribution in [3.8, 4) is 0 Å². The van der Waals surface area contributed by atoms with Gasteiger partial charge in [0.15, 0.2) is 0 Å². The van der Waals surface area contributed by atoms with Crippen molar-refractivity contribution in [3.63, 3.8) is 0 Å². The van der Waals surface area contributed by atoms with Crippen LogP contribution in [0.4, 0.5) is 0 Å². The molecule has 1 rings (SSSR count). The van der Waals surface area contributed by atoms with Gasteiger partial charge >= 0.3 is 0 Å². The van der Waals surface area contributed by atoms with E-state index in [4.69, 9.17) is 0 Å². The van der Waals surface area contributed by atoms with Crippen molar-refractivity contribution in [2.75, 3.05) is 12.8 Å². The van der Waals surface area contributed by atoms with Gasteiger partial charge in [0.1, 0.15) is 0 Å². The van der Waals surface area contributed by atoms with Gasteiger partial charge in [-0.15, -0.1) is 0 Å². The third kappa shape index (κ3) is 4.16. The molecule has 0 amide bonds. The van der Waals surface area contributed by atoms with Crippen molar-refractivity contribution in [2.24, 2.45) is 11.8 Å². The molecule has 108 valence electrons.